The first-order chi connectivity index (χ1) is 17.9. The highest BCUT2D eigenvalue weighted by Gasteiger charge is 2.32. The number of carbonyl (C=O) groups excluding carboxylic acids is 2. The minimum absolute atomic E-state index is 0.0468. The van der Waals surface area contributed by atoms with Crippen molar-refractivity contribution in [3.63, 3.8) is 0 Å². The maximum Gasteiger partial charge on any atom is 0.257 e. The first-order valence-electron chi connectivity index (χ1n) is 12.2. The van der Waals surface area contributed by atoms with Crippen LogP contribution in [0.25, 0.3) is 0 Å². The number of nitrogens with one attached hydrogen (secondary N) is 1. The van der Waals surface area contributed by atoms with Crippen LogP contribution in [-0.2, 0) is 6.54 Å². The van der Waals surface area contributed by atoms with Crippen molar-refractivity contribution >= 4 is 29.1 Å². The highest BCUT2D eigenvalue weighted by Crippen LogP contribution is 2.34. The Hall–Kier alpha value is -3.46. The SMILES string of the molecule is CC1CN(CCO)C(=O)c2cccc(NC(=O)c3ccncc3)c2O[C@H]1CN(C)Cc1cccc(Cl)c1. The number of rotatable bonds is 8. The first-order valence-corrected chi connectivity index (χ1v) is 12.6. The molecule has 8 nitrogen and oxygen atoms in total. The Morgan fingerprint density at radius 2 is 1.97 bits per heavy atom. The number of carbonyl (C=O) groups is 2. The van der Waals surface area contributed by atoms with E-state index >= 15 is 0 Å². The number of pyridine rings is 1. The fraction of sp³-hybridized carbons (Fsp3) is 0.321. The van der Waals surface area contributed by atoms with E-state index in [1.165, 1.54) is 0 Å². The monoisotopic (exact) mass is 522 g/mol. The van der Waals surface area contributed by atoms with Gasteiger partial charge in [-0.25, -0.2) is 0 Å². The Morgan fingerprint density at radius 1 is 1.22 bits per heavy atom. The molecule has 1 aromatic heterocycles. The van der Waals surface area contributed by atoms with Crippen molar-refractivity contribution in [2.24, 2.45) is 5.92 Å². The summed E-state index contributed by atoms with van der Waals surface area (Å²) < 4.78 is 6.54. The van der Waals surface area contributed by atoms with E-state index in [-0.39, 0.29) is 37.0 Å². The zero-order valence-corrected chi connectivity index (χ0v) is 21.7. The van der Waals surface area contributed by atoms with Crippen molar-refractivity contribution in [3.05, 3.63) is 88.7 Å². The topological polar surface area (TPSA) is 95.0 Å². The summed E-state index contributed by atoms with van der Waals surface area (Å²) in [5.74, 6) is -0.301. The van der Waals surface area contributed by atoms with E-state index in [9.17, 15) is 14.7 Å². The summed E-state index contributed by atoms with van der Waals surface area (Å²) in [6.45, 7) is 3.76. The van der Waals surface area contributed by atoms with E-state index in [4.69, 9.17) is 16.3 Å². The molecule has 4 rings (SSSR count). The van der Waals surface area contributed by atoms with Crippen LogP contribution in [-0.4, -0.2) is 71.1 Å². The lowest BCUT2D eigenvalue weighted by molar-refractivity contribution is 0.0459. The number of para-hydroxylation sites is 1. The van der Waals surface area contributed by atoms with Gasteiger partial charge in [-0.15, -0.1) is 0 Å². The number of hydrogen-bond acceptors (Lipinski definition) is 6. The van der Waals surface area contributed by atoms with Crippen LogP contribution in [0.5, 0.6) is 5.75 Å². The van der Waals surface area contributed by atoms with E-state index < -0.39 is 0 Å². The van der Waals surface area contributed by atoms with Gasteiger partial charge in [-0.2, -0.15) is 0 Å². The molecular weight excluding hydrogens is 492 g/mol. The van der Waals surface area contributed by atoms with Crippen LogP contribution in [0, 0.1) is 5.92 Å². The third-order valence-corrected chi connectivity index (χ3v) is 6.57. The number of likely N-dealkylation sites (N-methyl/N-ethyl adjacent to an activating group) is 1. The lowest BCUT2D eigenvalue weighted by atomic mass is 9.99. The summed E-state index contributed by atoms with van der Waals surface area (Å²) >= 11 is 6.16. The van der Waals surface area contributed by atoms with E-state index in [2.05, 4.69) is 15.2 Å². The molecule has 2 atom stereocenters. The number of hydrogen-bond donors (Lipinski definition) is 2. The highest BCUT2D eigenvalue weighted by atomic mass is 35.5. The molecule has 1 aliphatic rings. The molecule has 0 saturated carbocycles. The van der Waals surface area contributed by atoms with Crippen LogP contribution in [0.15, 0.2) is 67.0 Å². The van der Waals surface area contributed by atoms with Gasteiger partial charge in [0.05, 0.1) is 17.9 Å². The second-order valence-corrected chi connectivity index (χ2v) is 9.74. The zero-order chi connectivity index (χ0) is 26.4. The van der Waals surface area contributed by atoms with Gasteiger partial charge in [-0.3, -0.25) is 19.5 Å². The van der Waals surface area contributed by atoms with Crippen molar-refractivity contribution in [3.8, 4) is 5.75 Å². The van der Waals surface area contributed by atoms with Gasteiger partial charge in [0.15, 0.2) is 5.75 Å². The molecule has 0 fully saturated rings. The minimum atomic E-state index is -0.330. The molecule has 9 heteroatoms. The molecule has 2 aromatic carbocycles. The summed E-state index contributed by atoms with van der Waals surface area (Å²) in [5, 5.41) is 13.2. The van der Waals surface area contributed by atoms with Crippen LogP contribution in [0.1, 0.15) is 33.2 Å². The van der Waals surface area contributed by atoms with Gasteiger partial charge in [0.25, 0.3) is 11.8 Å². The van der Waals surface area contributed by atoms with E-state index in [0.717, 1.165) is 5.56 Å². The first kappa shape index (κ1) is 26.6. The van der Waals surface area contributed by atoms with Crippen LogP contribution >= 0.6 is 11.6 Å². The van der Waals surface area contributed by atoms with Gasteiger partial charge < -0.3 is 20.1 Å². The van der Waals surface area contributed by atoms with Gasteiger partial charge in [0.2, 0.25) is 0 Å². The van der Waals surface area contributed by atoms with Crippen LogP contribution in [0.4, 0.5) is 5.69 Å². The van der Waals surface area contributed by atoms with E-state index in [1.54, 1.807) is 47.6 Å². The predicted molar refractivity (Wildman–Crippen MR) is 143 cm³/mol. The highest BCUT2D eigenvalue weighted by molar-refractivity contribution is 6.30. The Morgan fingerprint density at radius 3 is 2.70 bits per heavy atom. The number of anilines is 1. The molecule has 2 amide bonds. The number of fused-ring (bicyclic) bond motifs is 1. The lowest BCUT2D eigenvalue weighted by Gasteiger charge is -2.36. The van der Waals surface area contributed by atoms with Crippen molar-refractivity contribution in [1.29, 1.82) is 0 Å². The number of nitrogens with zero attached hydrogens (tertiary/aromatic N) is 3. The van der Waals surface area contributed by atoms with Gasteiger partial charge >= 0.3 is 0 Å². The average Bonchev–Trinajstić information content (AvgIpc) is 2.88. The Kier molecular flexibility index (Phi) is 8.76. The number of benzene rings is 2. The summed E-state index contributed by atoms with van der Waals surface area (Å²) in [5.41, 5.74) is 2.28. The maximum atomic E-state index is 13.4. The van der Waals surface area contributed by atoms with Crippen LogP contribution in [0.2, 0.25) is 5.02 Å². The Balaban J connectivity index is 1.64. The number of halogens is 1. The molecule has 0 radical (unpaired) electrons. The number of ether oxygens (including phenoxy) is 1. The fourth-order valence-electron chi connectivity index (χ4n) is 4.46. The molecule has 0 saturated heterocycles. The second kappa shape index (κ2) is 12.2. The summed E-state index contributed by atoms with van der Waals surface area (Å²) in [6.07, 6.45) is 2.80. The zero-order valence-electron chi connectivity index (χ0n) is 20.9. The summed E-state index contributed by atoms with van der Waals surface area (Å²) in [4.78, 5) is 34.1. The Labute approximate surface area is 221 Å². The molecule has 37 heavy (non-hydrogen) atoms. The molecular formula is C28H31ClN4O4. The summed E-state index contributed by atoms with van der Waals surface area (Å²) in [7, 11) is 2.00. The third kappa shape index (κ3) is 6.65. The van der Waals surface area contributed by atoms with Crippen molar-refractivity contribution in [2.45, 2.75) is 19.6 Å². The number of amides is 2. The largest absolute Gasteiger partial charge is 0.486 e. The van der Waals surface area contributed by atoms with Gasteiger partial charge in [0, 0.05) is 55.1 Å². The van der Waals surface area contributed by atoms with Gasteiger partial charge in [0.1, 0.15) is 6.10 Å². The second-order valence-electron chi connectivity index (χ2n) is 9.31. The smallest absolute Gasteiger partial charge is 0.257 e. The van der Waals surface area contributed by atoms with Crippen molar-refractivity contribution in [2.75, 3.05) is 38.6 Å². The van der Waals surface area contributed by atoms with Crippen LogP contribution in [0.3, 0.4) is 0 Å². The standard InChI is InChI=1S/C28H31ClN4O4/c1-19-16-33(13-14-34)28(36)23-7-4-8-24(31-27(35)21-9-11-30-12-10-21)26(23)37-25(19)18-32(2)17-20-5-3-6-22(29)15-20/h3-12,15,19,25,34H,13-14,16-18H2,1-2H3,(H,31,35)/t19?,25-/m0/s1. The molecule has 3 aromatic rings. The fourth-order valence-corrected chi connectivity index (χ4v) is 4.68. The molecule has 2 N–H and O–H groups in total. The number of aliphatic hydroxyl groups is 1. The van der Waals surface area contributed by atoms with Crippen LogP contribution < -0.4 is 10.1 Å². The molecule has 2 heterocycles. The van der Waals surface area contributed by atoms with Crippen molar-refractivity contribution in [1.82, 2.24) is 14.8 Å². The molecule has 1 unspecified atom stereocenters. The number of aliphatic hydroxyl groups excluding tert-OH is 1. The number of β-amino-alcohol motifs (C(OH)–C–C–N with tert-alkyl or cyclic N) is 1. The molecule has 1 aliphatic heterocycles. The molecule has 0 aliphatic carbocycles. The molecule has 0 bridgehead atoms. The quantitative estimate of drug-likeness (QED) is 0.465. The van der Waals surface area contributed by atoms with Gasteiger partial charge in [-0.05, 0) is 49.0 Å². The predicted octanol–water partition coefficient (Wildman–Crippen LogP) is 3.95. The Bertz CT molecular complexity index is 1240. The molecule has 194 valence electrons. The normalized spacial score (nSPS) is 17.5. The summed E-state index contributed by atoms with van der Waals surface area (Å²) in [6, 6.07) is 16.1. The third-order valence-electron chi connectivity index (χ3n) is 6.34. The van der Waals surface area contributed by atoms with E-state index in [0.29, 0.717) is 47.2 Å². The lowest BCUT2D eigenvalue weighted by Crippen LogP contribution is -2.47. The van der Waals surface area contributed by atoms with Gasteiger partial charge in [-0.1, -0.05) is 36.7 Å². The van der Waals surface area contributed by atoms with Crippen molar-refractivity contribution < 1.29 is 19.4 Å². The minimum Gasteiger partial charge on any atom is -0.486 e. The maximum absolute atomic E-state index is 13.4. The van der Waals surface area contributed by atoms with E-state index in [1.807, 2.05) is 38.2 Å². The molecule has 0 spiro atoms. The number of aromatic nitrogens is 1. The average molecular weight is 523 g/mol.